The third-order valence-corrected chi connectivity index (χ3v) is 0. The Morgan fingerprint density at radius 1 is 1.40 bits per heavy atom. The van der Waals surface area contributed by atoms with E-state index in [9.17, 15) is 0 Å². The van der Waals surface area contributed by atoms with Crippen molar-refractivity contribution in [2.75, 3.05) is 0 Å². The van der Waals surface area contributed by atoms with Crippen molar-refractivity contribution >= 4 is 54.9 Å². The van der Waals surface area contributed by atoms with Gasteiger partial charge in [0, 0.05) is 48.9 Å². The monoisotopic (exact) mass is 198 g/mol. The number of nitrogens with two attached hydrogens (primary N) is 2. The van der Waals surface area contributed by atoms with Crippen molar-refractivity contribution in [3.63, 3.8) is 0 Å². The molecule has 0 saturated carbocycles. The summed E-state index contributed by atoms with van der Waals surface area (Å²) in [5.74, 6) is 0. The van der Waals surface area contributed by atoms with Crippen LogP contribution >= 0.6 is 0 Å². The molecule has 0 heterocycles. The Hall–Kier alpha value is 0.841. The maximum Gasteiger partial charge on any atom is 0.309 e. The topological polar surface area (TPSA) is 69.1 Å². The number of hydrogen-bond donors (Lipinski definition) is 2. The van der Waals surface area contributed by atoms with E-state index in [-0.39, 0.29) is 48.9 Å². The molecule has 3 nitrogen and oxygen atoms in total. The Morgan fingerprint density at radius 2 is 1.40 bits per heavy atom. The molecule has 0 unspecified atom stereocenters. The molecule has 4 heteroatoms. The molecule has 0 aliphatic heterocycles. The summed E-state index contributed by atoms with van der Waals surface area (Å²) in [6.07, 6.45) is 0. The summed E-state index contributed by atoms with van der Waals surface area (Å²) < 4.78 is 0. The molecular weight excluding hydrogens is 193 g/mol. The average Bonchev–Trinajstić information content (AvgIpc) is 0.811. The van der Waals surface area contributed by atoms with Gasteiger partial charge < -0.3 is 11.5 Å². The molecular formula is CH4BaN2O. The molecule has 5 heavy (non-hydrogen) atoms. The van der Waals surface area contributed by atoms with Gasteiger partial charge in [0.25, 0.3) is 0 Å². The van der Waals surface area contributed by atoms with Crippen LogP contribution in [-0.4, -0.2) is 54.9 Å². The molecule has 0 aliphatic rings. The number of carbonyl (C=O) groups is 1. The standard InChI is InChI=1S/CH4N2O.Ba/c2-1(3)4;/h(H4,2,3,4);. The van der Waals surface area contributed by atoms with Crippen molar-refractivity contribution in [3.05, 3.63) is 0 Å². The number of primary amides is 2. The first-order valence-electron chi connectivity index (χ1n) is 0.781. The van der Waals surface area contributed by atoms with Crippen LogP contribution in [0.15, 0.2) is 0 Å². The Balaban J connectivity index is 0. The summed E-state index contributed by atoms with van der Waals surface area (Å²) in [5, 5.41) is 0. The van der Waals surface area contributed by atoms with E-state index in [0.29, 0.717) is 0 Å². The molecule has 0 atom stereocenters. The maximum absolute atomic E-state index is 9.00. The van der Waals surface area contributed by atoms with E-state index < -0.39 is 6.03 Å². The van der Waals surface area contributed by atoms with Crippen molar-refractivity contribution in [3.8, 4) is 0 Å². The van der Waals surface area contributed by atoms with Gasteiger partial charge in [-0.15, -0.1) is 0 Å². The SMILES string of the molecule is NC(N)=O.[Ba]. The van der Waals surface area contributed by atoms with Gasteiger partial charge in [0.05, 0.1) is 0 Å². The van der Waals surface area contributed by atoms with Crippen LogP contribution in [0, 0.1) is 0 Å². The smallest absolute Gasteiger partial charge is 0.309 e. The first kappa shape index (κ1) is 9.28. The summed E-state index contributed by atoms with van der Waals surface area (Å²) >= 11 is 0. The van der Waals surface area contributed by atoms with Crippen molar-refractivity contribution < 1.29 is 4.79 Å². The van der Waals surface area contributed by atoms with E-state index in [2.05, 4.69) is 11.5 Å². The fourth-order valence-electron chi connectivity index (χ4n) is 0. The Bertz CT molecular complexity index is 32.6. The first-order chi connectivity index (χ1) is 1.73. The summed E-state index contributed by atoms with van der Waals surface area (Å²) in [6, 6.07) is -0.833. The predicted molar refractivity (Wildman–Crippen MR) is 19.5 cm³/mol. The average molecular weight is 197 g/mol. The number of hydrogen-bond acceptors (Lipinski definition) is 1. The molecule has 0 aromatic carbocycles. The first-order valence-corrected chi connectivity index (χ1v) is 0.781. The summed E-state index contributed by atoms with van der Waals surface area (Å²) in [7, 11) is 0. The Kier molecular flexibility index (Phi) is 8.98. The van der Waals surface area contributed by atoms with Gasteiger partial charge in [-0.1, -0.05) is 0 Å². The van der Waals surface area contributed by atoms with Crippen LogP contribution in [0.2, 0.25) is 0 Å². The molecule has 26 valence electrons. The van der Waals surface area contributed by atoms with Gasteiger partial charge in [0.15, 0.2) is 0 Å². The molecule has 0 fully saturated rings. The second kappa shape index (κ2) is 4.84. The molecule has 0 aromatic heterocycles. The van der Waals surface area contributed by atoms with Crippen molar-refractivity contribution in [2.24, 2.45) is 11.5 Å². The predicted octanol–water partition coefficient (Wildman–Crippen LogP) is -1.36. The van der Waals surface area contributed by atoms with Crippen LogP contribution in [0.5, 0.6) is 0 Å². The van der Waals surface area contributed by atoms with Crippen LogP contribution in [0.25, 0.3) is 0 Å². The summed E-state index contributed by atoms with van der Waals surface area (Å²) in [5.41, 5.74) is 8.50. The summed E-state index contributed by atoms with van der Waals surface area (Å²) in [6.45, 7) is 0. The van der Waals surface area contributed by atoms with Crippen LogP contribution in [0.3, 0.4) is 0 Å². The zero-order valence-electron chi connectivity index (χ0n) is 2.77. The van der Waals surface area contributed by atoms with Crippen molar-refractivity contribution in [2.45, 2.75) is 0 Å². The fourth-order valence-corrected chi connectivity index (χ4v) is 0. The number of amides is 2. The van der Waals surface area contributed by atoms with Gasteiger partial charge in [-0.25, -0.2) is 4.79 Å². The van der Waals surface area contributed by atoms with Gasteiger partial charge in [0.2, 0.25) is 0 Å². The Labute approximate surface area is 70.2 Å². The van der Waals surface area contributed by atoms with Gasteiger partial charge in [-0.3, -0.25) is 0 Å². The molecule has 0 rings (SSSR count). The van der Waals surface area contributed by atoms with Gasteiger partial charge >= 0.3 is 6.03 Å². The second-order valence-corrected chi connectivity index (χ2v) is 0.402. The van der Waals surface area contributed by atoms with E-state index in [1.54, 1.807) is 0 Å². The van der Waals surface area contributed by atoms with Crippen LogP contribution in [0.1, 0.15) is 0 Å². The number of rotatable bonds is 0. The van der Waals surface area contributed by atoms with Gasteiger partial charge in [-0.2, -0.15) is 0 Å². The zero-order chi connectivity index (χ0) is 3.58. The number of carbonyl (C=O) groups excluding carboxylic acids is 1. The van der Waals surface area contributed by atoms with Gasteiger partial charge in [-0.05, 0) is 0 Å². The minimum Gasteiger partial charge on any atom is -0.352 e. The fraction of sp³-hybridized carbons (Fsp3) is 0. The van der Waals surface area contributed by atoms with E-state index in [1.165, 1.54) is 0 Å². The largest absolute Gasteiger partial charge is 0.352 e. The minimum absolute atomic E-state index is 0. The number of urea groups is 1. The zero-order valence-corrected chi connectivity index (χ0v) is 7.21. The normalized spacial score (nSPS) is 4.80. The van der Waals surface area contributed by atoms with E-state index >= 15 is 0 Å². The molecule has 0 spiro atoms. The van der Waals surface area contributed by atoms with Crippen LogP contribution in [0.4, 0.5) is 4.79 Å². The molecule has 0 aromatic rings. The molecule has 0 bridgehead atoms. The quantitative estimate of drug-likeness (QED) is 0.463. The van der Waals surface area contributed by atoms with Gasteiger partial charge in [0.1, 0.15) is 0 Å². The molecule has 2 amide bonds. The van der Waals surface area contributed by atoms with Crippen LogP contribution in [-0.2, 0) is 0 Å². The van der Waals surface area contributed by atoms with E-state index in [1.807, 2.05) is 0 Å². The second-order valence-electron chi connectivity index (χ2n) is 0.402. The maximum atomic E-state index is 9.00. The minimum atomic E-state index is -0.833. The van der Waals surface area contributed by atoms with Crippen LogP contribution < -0.4 is 11.5 Å². The van der Waals surface area contributed by atoms with E-state index in [0.717, 1.165) is 0 Å². The molecule has 0 saturated heterocycles. The third-order valence-electron chi connectivity index (χ3n) is 0. The Morgan fingerprint density at radius 3 is 1.40 bits per heavy atom. The van der Waals surface area contributed by atoms with E-state index in [4.69, 9.17) is 4.79 Å². The molecule has 4 N–H and O–H groups in total. The van der Waals surface area contributed by atoms with Crippen molar-refractivity contribution in [1.29, 1.82) is 0 Å². The third kappa shape index (κ3) is 55.2. The summed E-state index contributed by atoms with van der Waals surface area (Å²) in [4.78, 5) is 9.00. The van der Waals surface area contributed by atoms with Crippen molar-refractivity contribution in [1.82, 2.24) is 0 Å². The molecule has 2 radical (unpaired) electrons. The molecule has 0 aliphatic carbocycles.